The van der Waals surface area contributed by atoms with Gasteiger partial charge in [0, 0.05) is 18.7 Å². The molecule has 2 amide bonds. The summed E-state index contributed by atoms with van der Waals surface area (Å²) in [5, 5.41) is 0. The number of hydrogen-bond acceptors (Lipinski definition) is 4. The minimum absolute atomic E-state index is 0.339. The summed E-state index contributed by atoms with van der Waals surface area (Å²) < 4.78 is 18.9. The number of methoxy groups -OCH3 is 1. The van der Waals surface area contributed by atoms with E-state index >= 15 is 0 Å². The highest BCUT2D eigenvalue weighted by Crippen LogP contribution is 2.39. The minimum atomic E-state index is -0.421. The van der Waals surface area contributed by atoms with Crippen LogP contribution in [0.4, 0.5) is 10.1 Å². The van der Waals surface area contributed by atoms with E-state index in [2.05, 4.69) is 6.92 Å². The molecular weight excluding hydrogens is 371 g/mol. The summed E-state index contributed by atoms with van der Waals surface area (Å²) in [6, 6.07) is 12.6. The predicted octanol–water partition coefficient (Wildman–Crippen LogP) is 3.85. The van der Waals surface area contributed by atoms with Gasteiger partial charge >= 0.3 is 0 Å². The molecule has 150 valence electrons. The van der Waals surface area contributed by atoms with Crippen molar-refractivity contribution in [2.24, 2.45) is 5.92 Å². The lowest BCUT2D eigenvalue weighted by atomic mass is 9.97. The van der Waals surface area contributed by atoms with Crippen molar-refractivity contribution in [1.82, 2.24) is 4.90 Å². The van der Waals surface area contributed by atoms with Gasteiger partial charge in [-0.05, 0) is 49.1 Å². The first-order valence-electron chi connectivity index (χ1n) is 9.78. The van der Waals surface area contributed by atoms with Crippen molar-refractivity contribution in [2.75, 3.05) is 25.1 Å². The van der Waals surface area contributed by atoms with E-state index in [-0.39, 0.29) is 5.91 Å². The minimum Gasteiger partial charge on any atom is -0.496 e. The van der Waals surface area contributed by atoms with Crippen molar-refractivity contribution < 1.29 is 18.7 Å². The van der Waals surface area contributed by atoms with Crippen molar-refractivity contribution in [3.63, 3.8) is 0 Å². The van der Waals surface area contributed by atoms with Crippen molar-refractivity contribution in [2.45, 2.75) is 19.8 Å². The summed E-state index contributed by atoms with van der Waals surface area (Å²) in [4.78, 5) is 30.1. The molecule has 0 radical (unpaired) electrons. The zero-order valence-electron chi connectivity index (χ0n) is 16.5. The van der Waals surface area contributed by atoms with Crippen LogP contribution in [0.5, 0.6) is 5.75 Å². The lowest BCUT2D eigenvalue weighted by Gasteiger charge is -2.33. The largest absolute Gasteiger partial charge is 0.496 e. The van der Waals surface area contributed by atoms with Gasteiger partial charge in [-0.25, -0.2) is 9.29 Å². The summed E-state index contributed by atoms with van der Waals surface area (Å²) in [7, 11) is 1.54. The van der Waals surface area contributed by atoms with Crippen LogP contribution in [0, 0.1) is 11.7 Å². The second-order valence-corrected chi connectivity index (χ2v) is 7.54. The van der Waals surface area contributed by atoms with Crippen LogP contribution in [0.1, 0.15) is 25.3 Å². The monoisotopic (exact) mass is 394 g/mol. The summed E-state index contributed by atoms with van der Waals surface area (Å²) in [5.41, 5.74) is 1.68. The molecule has 29 heavy (non-hydrogen) atoms. The molecule has 2 aromatic carbocycles. The topological polar surface area (TPSA) is 49.9 Å². The molecule has 0 spiro atoms. The third-order valence-electron chi connectivity index (χ3n) is 5.49. The van der Waals surface area contributed by atoms with E-state index in [1.165, 1.54) is 24.3 Å². The summed E-state index contributed by atoms with van der Waals surface area (Å²) in [6.45, 7) is 3.58. The van der Waals surface area contributed by atoms with Crippen LogP contribution in [0.3, 0.4) is 0 Å². The van der Waals surface area contributed by atoms with Crippen molar-refractivity contribution in [3.8, 4) is 5.75 Å². The molecule has 0 bridgehead atoms. The maximum absolute atomic E-state index is 13.5. The number of anilines is 1. The Labute approximate surface area is 169 Å². The van der Waals surface area contributed by atoms with Gasteiger partial charge in [-0.3, -0.25) is 9.59 Å². The van der Waals surface area contributed by atoms with Gasteiger partial charge in [0.1, 0.15) is 17.3 Å². The fourth-order valence-electron chi connectivity index (χ4n) is 4.12. The van der Waals surface area contributed by atoms with Gasteiger partial charge in [0.2, 0.25) is 0 Å². The highest BCUT2D eigenvalue weighted by molar-refractivity contribution is 6.45. The lowest BCUT2D eigenvalue weighted by molar-refractivity contribution is -0.120. The van der Waals surface area contributed by atoms with E-state index in [4.69, 9.17) is 4.74 Å². The molecule has 6 heteroatoms. The second-order valence-electron chi connectivity index (χ2n) is 7.54. The number of para-hydroxylation sites is 1. The number of imide groups is 1. The smallest absolute Gasteiger partial charge is 0.282 e. The number of rotatable bonds is 4. The van der Waals surface area contributed by atoms with E-state index in [0.717, 1.165) is 17.7 Å². The third-order valence-corrected chi connectivity index (χ3v) is 5.49. The van der Waals surface area contributed by atoms with Crippen LogP contribution < -0.4 is 9.64 Å². The fourth-order valence-corrected chi connectivity index (χ4v) is 4.12. The Morgan fingerprint density at radius 2 is 1.76 bits per heavy atom. The average Bonchev–Trinajstić information content (AvgIpc) is 2.99. The number of carbonyl (C=O) groups excluding carboxylic acids is 2. The number of likely N-dealkylation sites (tertiary alicyclic amines) is 1. The lowest BCUT2D eigenvalue weighted by Crippen LogP contribution is -2.39. The third kappa shape index (κ3) is 3.39. The Hall–Kier alpha value is -3.15. The molecule has 4 rings (SSSR count). The molecule has 2 aliphatic heterocycles. The van der Waals surface area contributed by atoms with Gasteiger partial charge in [0.05, 0.1) is 18.4 Å². The van der Waals surface area contributed by atoms with Crippen molar-refractivity contribution in [1.29, 1.82) is 0 Å². The molecule has 2 heterocycles. The number of benzene rings is 2. The maximum atomic E-state index is 13.5. The Balaban J connectivity index is 1.86. The molecule has 1 fully saturated rings. The Kier molecular flexibility index (Phi) is 5.09. The van der Waals surface area contributed by atoms with Gasteiger partial charge in [-0.1, -0.05) is 25.1 Å². The predicted molar refractivity (Wildman–Crippen MR) is 109 cm³/mol. The molecule has 2 aromatic rings. The number of nitrogens with zero attached hydrogens (tertiary/aromatic N) is 2. The highest BCUT2D eigenvalue weighted by atomic mass is 19.1. The van der Waals surface area contributed by atoms with Crippen LogP contribution in [0.25, 0.3) is 5.57 Å². The molecule has 1 saturated heterocycles. The molecule has 1 unspecified atom stereocenters. The van der Waals surface area contributed by atoms with Crippen LogP contribution in [-0.4, -0.2) is 36.9 Å². The molecule has 2 aliphatic rings. The van der Waals surface area contributed by atoms with Gasteiger partial charge < -0.3 is 9.64 Å². The normalized spacial score (nSPS) is 19.9. The average molecular weight is 394 g/mol. The number of piperidine rings is 1. The summed E-state index contributed by atoms with van der Waals surface area (Å²) in [6.07, 6.45) is 2.06. The Morgan fingerprint density at radius 3 is 2.45 bits per heavy atom. The number of carbonyl (C=O) groups is 2. The van der Waals surface area contributed by atoms with E-state index in [9.17, 15) is 14.0 Å². The highest BCUT2D eigenvalue weighted by Gasteiger charge is 2.43. The molecule has 1 atom stereocenters. The Morgan fingerprint density at radius 1 is 1.03 bits per heavy atom. The molecule has 0 aliphatic carbocycles. The van der Waals surface area contributed by atoms with E-state index < -0.39 is 11.7 Å². The first kappa shape index (κ1) is 19.2. The molecule has 0 N–H and O–H groups in total. The maximum Gasteiger partial charge on any atom is 0.282 e. The number of hydrogen-bond donors (Lipinski definition) is 0. The van der Waals surface area contributed by atoms with Crippen LogP contribution >= 0.6 is 0 Å². The zero-order chi connectivity index (χ0) is 20.5. The van der Waals surface area contributed by atoms with E-state index in [1.807, 2.05) is 17.0 Å². The van der Waals surface area contributed by atoms with E-state index in [0.29, 0.717) is 47.3 Å². The number of ether oxygens (including phenoxy) is 1. The molecular formula is C23H23FN2O3. The summed E-state index contributed by atoms with van der Waals surface area (Å²) in [5.74, 6) is -0.253. The molecule has 5 nitrogen and oxygen atoms in total. The van der Waals surface area contributed by atoms with Gasteiger partial charge in [0.25, 0.3) is 11.8 Å². The van der Waals surface area contributed by atoms with Crippen molar-refractivity contribution in [3.05, 3.63) is 65.6 Å². The van der Waals surface area contributed by atoms with E-state index in [1.54, 1.807) is 19.2 Å². The van der Waals surface area contributed by atoms with Crippen LogP contribution in [0.15, 0.2) is 54.2 Å². The zero-order valence-corrected chi connectivity index (χ0v) is 16.5. The fraction of sp³-hybridized carbons (Fsp3) is 0.304. The quantitative estimate of drug-likeness (QED) is 0.739. The number of amides is 2. The van der Waals surface area contributed by atoms with Gasteiger partial charge in [-0.2, -0.15) is 0 Å². The standard InChI is InChI=1S/C23H23FN2O3/c1-15-6-5-13-25(14-15)21-20(18-7-3-4-8-19(18)29-2)22(27)26(23(21)28)17-11-9-16(24)10-12-17/h3-4,7-12,15H,5-6,13-14H2,1-2H3. The molecule has 0 aromatic heterocycles. The Bertz CT molecular complexity index is 984. The molecule has 0 saturated carbocycles. The van der Waals surface area contributed by atoms with Crippen molar-refractivity contribution >= 4 is 23.1 Å². The summed E-state index contributed by atoms with van der Waals surface area (Å²) >= 11 is 0. The second kappa shape index (κ2) is 7.70. The van der Waals surface area contributed by atoms with Crippen LogP contribution in [-0.2, 0) is 9.59 Å². The van der Waals surface area contributed by atoms with Gasteiger partial charge in [0.15, 0.2) is 0 Å². The van der Waals surface area contributed by atoms with Crippen LogP contribution in [0.2, 0.25) is 0 Å². The van der Waals surface area contributed by atoms with Gasteiger partial charge in [-0.15, -0.1) is 0 Å². The first-order chi connectivity index (χ1) is 14.0. The first-order valence-corrected chi connectivity index (χ1v) is 9.78. The number of halogens is 1. The SMILES string of the molecule is COc1ccccc1C1=C(N2CCCC(C)C2)C(=O)N(c2ccc(F)cc2)C1=O.